The topological polar surface area (TPSA) is 49.8 Å². The molecular formula is C12H21FN4. The normalized spacial score (nSPS) is 12.2. The van der Waals surface area contributed by atoms with E-state index >= 15 is 0 Å². The second kappa shape index (κ2) is 7.04. The minimum Gasteiger partial charge on any atom is -0.365 e. The van der Waals surface area contributed by atoms with E-state index in [1.165, 1.54) is 6.20 Å². The van der Waals surface area contributed by atoms with Crippen LogP contribution in [0.2, 0.25) is 0 Å². The molecule has 1 unspecified atom stereocenters. The monoisotopic (exact) mass is 240 g/mol. The minimum atomic E-state index is -0.402. The summed E-state index contributed by atoms with van der Waals surface area (Å²) in [5.74, 6) is 0.347. The predicted molar refractivity (Wildman–Crippen MR) is 68.8 cm³/mol. The predicted octanol–water partition coefficient (Wildman–Crippen LogP) is 3.04. The highest BCUT2D eigenvalue weighted by molar-refractivity contribution is 5.41. The van der Waals surface area contributed by atoms with Gasteiger partial charge in [-0.25, -0.2) is 9.37 Å². The van der Waals surface area contributed by atoms with Gasteiger partial charge >= 0.3 is 0 Å². The first kappa shape index (κ1) is 13.7. The second-order valence-electron chi connectivity index (χ2n) is 3.96. The number of nitrogens with zero attached hydrogens (tertiary/aromatic N) is 2. The van der Waals surface area contributed by atoms with Gasteiger partial charge in [0.25, 0.3) is 0 Å². The number of anilines is 2. The van der Waals surface area contributed by atoms with E-state index in [9.17, 15) is 4.39 Å². The van der Waals surface area contributed by atoms with E-state index in [1.807, 2.05) is 6.92 Å². The van der Waals surface area contributed by atoms with E-state index in [1.54, 1.807) is 0 Å². The molecule has 0 saturated heterocycles. The summed E-state index contributed by atoms with van der Waals surface area (Å²) in [7, 11) is 0. The fourth-order valence-corrected chi connectivity index (χ4v) is 1.63. The molecule has 0 spiro atoms. The van der Waals surface area contributed by atoms with Gasteiger partial charge < -0.3 is 10.6 Å². The van der Waals surface area contributed by atoms with Crippen molar-refractivity contribution in [3.05, 3.63) is 12.0 Å². The Morgan fingerprint density at radius 2 is 2.12 bits per heavy atom. The highest BCUT2D eigenvalue weighted by Crippen LogP contribution is 2.15. The number of aromatic nitrogens is 2. The van der Waals surface area contributed by atoms with Crippen molar-refractivity contribution >= 4 is 11.8 Å². The summed E-state index contributed by atoms with van der Waals surface area (Å²) in [4.78, 5) is 7.99. The van der Waals surface area contributed by atoms with Gasteiger partial charge in [0, 0.05) is 12.6 Å². The van der Waals surface area contributed by atoms with Crippen LogP contribution in [-0.4, -0.2) is 22.6 Å². The number of hydrogen-bond donors (Lipinski definition) is 2. The van der Waals surface area contributed by atoms with E-state index in [0.29, 0.717) is 5.95 Å². The number of nitrogens with one attached hydrogen (secondary N) is 2. The van der Waals surface area contributed by atoms with E-state index < -0.39 is 5.82 Å². The third-order valence-electron chi connectivity index (χ3n) is 2.55. The third kappa shape index (κ3) is 4.17. The highest BCUT2D eigenvalue weighted by Gasteiger charge is 2.11. The Kier molecular flexibility index (Phi) is 5.66. The van der Waals surface area contributed by atoms with Crippen LogP contribution in [0.4, 0.5) is 16.2 Å². The molecule has 1 rings (SSSR count). The van der Waals surface area contributed by atoms with Crippen LogP contribution in [-0.2, 0) is 0 Å². The van der Waals surface area contributed by atoms with E-state index in [0.717, 1.165) is 25.8 Å². The van der Waals surface area contributed by atoms with Crippen LogP contribution in [0.5, 0.6) is 0 Å². The molecule has 4 nitrogen and oxygen atoms in total. The van der Waals surface area contributed by atoms with E-state index in [-0.39, 0.29) is 11.9 Å². The molecule has 0 radical (unpaired) electrons. The van der Waals surface area contributed by atoms with Gasteiger partial charge in [-0.05, 0) is 19.8 Å². The summed E-state index contributed by atoms with van der Waals surface area (Å²) in [6.07, 6.45) is 4.23. The molecule has 1 heterocycles. The van der Waals surface area contributed by atoms with Crippen LogP contribution in [0.3, 0.4) is 0 Å². The number of hydrogen-bond acceptors (Lipinski definition) is 4. The maximum atomic E-state index is 13.5. The maximum absolute atomic E-state index is 13.5. The summed E-state index contributed by atoms with van der Waals surface area (Å²) < 4.78 is 13.5. The second-order valence-corrected chi connectivity index (χ2v) is 3.96. The lowest BCUT2D eigenvalue weighted by atomic mass is 10.1. The summed E-state index contributed by atoms with van der Waals surface area (Å²) >= 11 is 0. The summed E-state index contributed by atoms with van der Waals surface area (Å²) in [6, 6.07) is 0.263. The number of halogens is 1. The molecule has 0 aromatic carbocycles. The Hall–Kier alpha value is -1.39. The minimum absolute atomic E-state index is 0.263. The van der Waals surface area contributed by atoms with Crippen molar-refractivity contribution in [1.29, 1.82) is 0 Å². The standard InChI is InChI=1S/C12H21FN4/c1-4-7-9(5-2)16-11-10(13)8-15-12(17-11)14-6-3/h8-9H,4-7H2,1-3H3,(H2,14,15,16,17). The molecule has 0 fully saturated rings. The van der Waals surface area contributed by atoms with Crippen molar-refractivity contribution in [3.63, 3.8) is 0 Å². The van der Waals surface area contributed by atoms with Gasteiger partial charge in [0.15, 0.2) is 11.6 Å². The third-order valence-corrected chi connectivity index (χ3v) is 2.55. The SMILES string of the molecule is CCCC(CC)Nc1nc(NCC)ncc1F. The van der Waals surface area contributed by atoms with Gasteiger partial charge in [-0.3, -0.25) is 0 Å². The molecule has 1 aromatic heterocycles. The molecule has 0 aliphatic heterocycles. The van der Waals surface area contributed by atoms with Gasteiger partial charge in [-0.15, -0.1) is 0 Å². The Balaban J connectivity index is 2.76. The summed E-state index contributed by atoms with van der Waals surface area (Å²) in [5.41, 5.74) is 0. The fraction of sp³-hybridized carbons (Fsp3) is 0.667. The fourth-order valence-electron chi connectivity index (χ4n) is 1.63. The Labute approximate surface area is 102 Å². The average molecular weight is 240 g/mol. The molecule has 0 aliphatic carbocycles. The van der Waals surface area contributed by atoms with Crippen LogP contribution >= 0.6 is 0 Å². The lowest BCUT2D eigenvalue weighted by molar-refractivity contribution is 0.589. The zero-order valence-corrected chi connectivity index (χ0v) is 10.8. The quantitative estimate of drug-likeness (QED) is 0.769. The molecule has 96 valence electrons. The first-order valence-electron chi connectivity index (χ1n) is 6.24. The summed E-state index contributed by atoms with van der Waals surface area (Å²) in [5, 5.41) is 6.10. The molecule has 0 amide bonds. The molecule has 5 heteroatoms. The van der Waals surface area contributed by atoms with Crippen molar-refractivity contribution in [2.75, 3.05) is 17.2 Å². The highest BCUT2D eigenvalue weighted by atomic mass is 19.1. The van der Waals surface area contributed by atoms with Gasteiger partial charge in [-0.1, -0.05) is 20.3 Å². The molecule has 1 atom stereocenters. The summed E-state index contributed by atoms with van der Waals surface area (Å²) in [6.45, 7) is 6.87. The molecule has 2 N–H and O–H groups in total. The van der Waals surface area contributed by atoms with Crippen molar-refractivity contribution in [3.8, 4) is 0 Å². The Morgan fingerprint density at radius 1 is 1.35 bits per heavy atom. The lowest BCUT2D eigenvalue weighted by Gasteiger charge is -2.17. The maximum Gasteiger partial charge on any atom is 0.224 e. The van der Waals surface area contributed by atoms with E-state index in [2.05, 4.69) is 34.4 Å². The Morgan fingerprint density at radius 3 is 2.71 bits per heavy atom. The number of rotatable bonds is 7. The largest absolute Gasteiger partial charge is 0.365 e. The van der Waals surface area contributed by atoms with E-state index in [4.69, 9.17) is 0 Å². The first-order valence-corrected chi connectivity index (χ1v) is 6.24. The van der Waals surface area contributed by atoms with Crippen LogP contribution < -0.4 is 10.6 Å². The molecular weight excluding hydrogens is 219 g/mol. The first-order chi connectivity index (χ1) is 8.21. The van der Waals surface area contributed by atoms with Crippen LogP contribution in [0, 0.1) is 5.82 Å². The zero-order chi connectivity index (χ0) is 12.7. The van der Waals surface area contributed by atoms with Gasteiger partial charge in [0.1, 0.15) is 0 Å². The Bertz CT molecular complexity index is 343. The molecule has 17 heavy (non-hydrogen) atoms. The lowest BCUT2D eigenvalue weighted by Crippen LogP contribution is -2.20. The van der Waals surface area contributed by atoms with Gasteiger partial charge in [-0.2, -0.15) is 4.98 Å². The van der Waals surface area contributed by atoms with Crippen LogP contribution in [0.25, 0.3) is 0 Å². The van der Waals surface area contributed by atoms with Gasteiger partial charge in [0.2, 0.25) is 5.95 Å². The van der Waals surface area contributed by atoms with Gasteiger partial charge in [0.05, 0.1) is 6.20 Å². The van der Waals surface area contributed by atoms with Crippen LogP contribution in [0.1, 0.15) is 40.0 Å². The van der Waals surface area contributed by atoms with Crippen LogP contribution in [0.15, 0.2) is 6.20 Å². The smallest absolute Gasteiger partial charge is 0.224 e. The molecule has 1 aromatic rings. The molecule has 0 saturated carbocycles. The van der Waals surface area contributed by atoms with Crippen molar-refractivity contribution in [2.24, 2.45) is 0 Å². The van der Waals surface area contributed by atoms with Crippen molar-refractivity contribution in [1.82, 2.24) is 9.97 Å². The van der Waals surface area contributed by atoms with Crippen molar-refractivity contribution < 1.29 is 4.39 Å². The zero-order valence-electron chi connectivity index (χ0n) is 10.8. The molecule has 0 aliphatic rings. The van der Waals surface area contributed by atoms with Crippen molar-refractivity contribution in [2.45, 2.75) is 46.1 Å². The molecule has 0 bridgehead atoms. The average Bonchev–Trinajstić information content (AvgIpc) is 2.33.